The van der Waals surface area contributed by atoms with Crippen LogP contribution in [0.5, 0.6) is 0 Å². The van der Waals surface area contributed by atoms with Crippen LogP contribution in [0.1, 0.15) is 11.1 Å². The summed E-state index contributed by atoms with van der Waals surface area (Å²) in [4.78, 5) is 11.9. The second-order valence-electron chi connectivity index (χ2n) is 4.32. The maximum absolute atomic E-state index is 13.4. The van der Waals surface area contributed by atoms with Crippen LogP contribution in [-0.4, -0.2) is 5.91 Å². The molecule has 0 bridgehead atoms. The third-order valence-electron chi connectivity index (χ3n) is 2.89. The highest BCUT2D eigenvalue weighted by Gasteiger charge is 2.10. The topological polar surface area (TPSA) is 55.1 Å². The minimum absolute atomic E-state index is 0.0402. The zero-order valence-electron chi connectivity index (χ0n) is 10.7. The van der Waals surface area contributed by atoms with Gasteiger partial charge >= 0.3 is 0 Å². The molecular formula is C15H14F2N2O. The zero-order valence-corrected chi connectivity index (χ0v) is 10.7. The lowest BCUT2D eigenvalue weighted by atomic mass is 10.0. The molecule has 104 valence electrons. The molecule has 0 aliphatic heterocycles. The van der Waals surface area contributed by atoms with Crippen molar-refractivity contribution >= 4 is 11.6 Å². The fourth-order valence-electron chi connectivity index (χ4n) is 1.89. The van der Waals surface area contributed by atoms with E-state index >= 15 is 0 Å². The zero-order chi connectivity index (χ0) is 14.5. The second-order valence-corrected chi connectivity index (χ2v) is 4.32. The van der Waals surface area contributed by atoms with Gasteiger partial charge in [-0.1, -0.05) is 24.3 Å². The largest absolute Gasteiger partial charge is 0.326 e. The highest BCUT2D eigenvalue weighted by atomic mass is 19.1. The fraction of sp³-hybridized carbons (Fsp3) is 0.133. The molecule has 3 nitrogen and oxygen atoms in total. The van der Waals surface area contributed by atoms with Crippen LogP contribution in [0.2, 0.25) is 0 Å². The molecule has 0 heterocycles. The van der Waals surface area contributed by atoms with E-state index in [9.17, 15) is 13.6 Å². The van der Waals surface area contributed by atoms with E-state index in [4.69, 9.17) is 5.73 Å². The van der Waals surface area contributed by atoms with Crippen molar-refractivity contribution in [3.8, 4) is 0 Å². The number of carbonyl (C=O) groups excluding carboxylic acids is 1. The Labute approximate surface area is 115 Å². The molecule has 2 aromatic carbocycles. The van der Waals surface area contributed by atoms with Crippen molar-refractivity contribution in [2.24, 2.45) is 5.73 Å². The number of hydrogen-bond donors (Lipinski definition) is 2. The highest BCUT2D eigenvalue weighted by Crippen LogP contribution is 2.16. The van der Waals surface area contributed by atoms with Gasteiger partial charge in [0.1, 0.15) is 11.6 Å². The first-order valence-corrected chi connectivity index (χ1v) is 6.12. The first-order chi connectivity index (χ1) is 9.60. The normalized spacial score (nSPS) is 10.3. The Bertz CT molecular complexity index is 629. The lowest BCUT2D eigenvalue weighted by Crippen LogP contribution is -2.17. The van der Waals surface area contributed by atoms with E-state index in [1.54, 1.807) is 12.1 Å². The van der Waals surface area contributed by atoms with Gasteiger partial charge in [0.15, 0.2) is 0 Å². The Morgan fingerprint density at radius 3 is 2.45 bits per heavy atom. The van der Waals surface area contributed by atoms with E-state index in [0.29, 0.717) is 6.54 Å². The van der Waals surface area contributed by atoms with Gasteiger partial charge in [0.2, 0.25) is 5.91 Å². The number of nitrogens with one attached hydrogen (secondary N) is 1. The smallest absolute Gasteiger partial charge is 0.228 e. The van der Waals surface area contributed by atoms with Gasteiger partial charge in [-0.2, -0.15) is 0 Å². The van der Waals surface area contributed by atoms with Gasteiger partial charge in [0.25, 0.3) is 0 Å². The highest BCUT2D eigenvalue weighted by molar-refractivity contribution is 5.92. The van der Waals surface area contributed by atoms with Crippen molar-refractivity contribution in [1.82, 2.24) is 0 Å². The summed E-state index contributed by atoms with van der Waals surface area (Å²) < 4.78 is 26.2. The van der Waals surface area contributed by atoms with Crippen molar-refractivity contribution in [2.45, 2.75) is 13.0 Å². The average molecular weight is 276 g/mol. The summed E-state index contributed by atoms with van der Waals surface area (Å²) in [6.45, 7) is 0.328. The SMILES string of the molecule is NCc1ccccc1CC(=O)Nc1ccc(F)cc1F. The molecule has 0 fully saturated rings. The summed E-state index contributed by atoms with van der Waals surface area (Å²) in [5, 5.41) is 2.42. The van der Waals surface area contributed by atoms with Crippen LogP contribution in [0, 0.1) is 11.6 Å². The standard InChI is InChI=1S/C15H14F2N2O/c16-12-5-6-14(13(17)8-12)19-15(20)7-10-3-1-2-4-11(10)9-18/h1-6,8H,7,9,18H2,(H,19,20). The molecule has 5 heteroatoms. The molecule has 2 aromatic rings. The molecule has 0 aromatic heterocycles. The maximum Gasteiger partial charge on any atom is 0.228 e. The lowest BCUT2D eigenvalue weighted by Gasteiger charge is -2.09. The molecule has 2 rings (SSSR count). The van der Waals surface area contributed by atoms with Crippen LogP contribution < -0.4 is 11.1 Å². The van der Waals surface area contributed by atoms with Gasteiger partial charge in [0, 0.05) is 12.6 Å². The van der Waals surface area contributed by atoms with Crippen molar-refractivity contribution in [2.75, 3.05) is 5.32 Å². The number of halogens is 2. The number of rotatable bonds is 4. The lowest BCUT2D eigenvalue weighted by molar-refractivity contribution is -0.115. The Balaban J connectivity index is 2.09. The van der Waals surface area contributed by atoms with Gasteiger partial charge in [-0.25, -0.2) is 8.78 Å². The van der Waals surface area contributed by atoms with E-state index in [1.807, 2.05) is 12.1 Å². The van der Waals surface area contributed by atoms with Crippen LogP contribution in [0.3, 0.4) is 0 Å². The minimum Gasteiger partial charge on any atom is -0.326 e. The van der Waals surface area contributed by atoms with E-state index in [-0.39, 0.29) is 18.0 Å². The third kappa shape index (κ3) is 3.39. The fourth-order valence-corrected chi connectivity index (χ4v) is 1.89. The molecule has 0 aliphatic carbocycles. The van der Waals surface area contributed by atoms with Crippen molar-refractivity contribution in [3.63, 3.8) is 0 Å². The first-order valence-electron chi connectivity index (χ1n) is 6.12. The summed E-state index contributed by atoms with van der Waals surface area (Å²) in [5.74, 6) is -1.86. The quantitative estimate of drug-likeness (QED) is 0.902. The molecule has 0 radical (unpaired) electrons. The van der Waals surface area contributed by atoms with Gasteiger partial charge in [-0.05, 0) is 23.3 Å². The van der Waals surface area contributed by atoms with Gasteiger partial charge < -0.3 is 11.1 Å². The predicted molar refractivity (Wildman–Crippen MR) is 73.0 cm³/mol. The Morgan fingerprint density at radius 2 is 1.80 bits per heavy atom. The summed E-state index contributed by atoms with van der Waals surface area (Å²) in [6.07, 6.45) is 0.0875. The number of carbonyl (C=O) groups is 1. The van der Waals surface area contributed by atoms with E-state index < -0.39 is 11.6 Å². The van der Waals surface area contributed by atoms with Crippen LogP contribution >= 0.6 is 0 Å². The van der Waals surface area contributed by atoms with Gasteiger partial charge in [-0.3, -0.25) is 4.79 Å². The number of anilines is 1. The monoisotopic (exact) mass is 276 g/mol. The molecule has 0 aliphatic rings. The Morgan fingerprint density at radius 1 is 1.10 bits per heavy atom. The number of hydrogen-bond acceptors (Lipinski definition) is 2. The average Bonchev–Trinajstić information content (AvgIpc) is 2.42. The van der Waals surface area contributed by atoms with Crippen LogP contribution in [0.4, 0.5) is 14.5 Å². The molecule has 20 heavy (non-hydrogen) atoms. The Hall–Kier alpha value is -2.27. The second kappa shape index (κ2) is 6.25. The van der Waals surface area contributed by atoms with Crippen LogP contribution in [0.15, 0.2) is 42.5 Å². The van der Waals surface area contributed by atoms with Gasteiger partial charge in [0.05, 0.1) is 12.1 Å². The minimum atomic E-state index is -0.800. The molecule has 1 amide bonds. The van der Waals surface area contributed by atoms with Crippen molar-refractivity contribution < 1.29 is 13.6 Å². The van der Waals surface area contributed by atoms with Gasteiger partial charge in [-0.15, -0.1) is 0 Å². The molecular weight excluding hydrogens is 262 g/mol. The van der Waals surface area contributed by atoms with E-state index in [1.165, 1.54) is 6.07 Å². The van der Waals surface area contributed by atoms with E-state index in [0.717, 1.165) is 23.3 Å². The van der Waals surface area contributed by atoms with Crippen LogP contribution in [0.25, 0.3) is 0 Å². The maximum atomic E-state index is 13.4. The molecule has 0 atom stereocenters. The summed E-state index contributed by atoms with van der Waals surface area (Å²) in [7, 11) is 0. The molecule has 0 spiro atoms. The predicted octanol–water partition coefficient (Wildman–Crippen LogP) is 2.60. The molecule has 3 N–H and O–H groups in total. The summed E-state index contributed by atoms with van der Waals surface area (Å²) >= 11 is 0. The first kappa shape index (κ1) is 14.1. The Kier molecular flexibility index (Phi) is 4.42. The van der Waals surface area contributed by atoms with Crippen LogP contribution in [-0.2, 0) is 17.8 Å². The number of nitrogens with two attached hydrogens (primary N) is 1. The summed E-state index contributed by atoms with van der Waals surface area (Å²) in [5.41, 5.74) is 7.20. The number of amides is 1. The third-order valence-corrected chi connectivity index (χ3v) is 2.89. The van der Waals surface area contributed by atoms with E-state index in [2.05, 4.69) is 5.32 Å². The number of benzene rings is 2. The molecule has 0 saturated heterocycles. The van der Waals surface area contributed by atoms with Crippen molar-refractivity contribution in [3.05, 3.63) is 65.2 Å². The molecule has 0 unspecified atom stereocenters. The summed E-state index contributed by atoms with van der Waals surface area (Å²) in [6, 6.07) is 10.3. The molecule has 0 saturated carbocycles. The van der Waals surface area contributed by atoms with Crippen molar-refractivity contribution in [1.29, 1.82) is 0 Å².